The van der Waals surface area contributed by atoms with E-state index in [2.05, 4.69) is 5.32 Å². The molecular weight excluding hydrogens is 324 g/mol. The quantitative estimate of drug-likeness (QED) is 0.824. The van der Waals surface area contributed by atoms with Gasteiger partial charge in [0, 0.05) is 11.2 Å². The van der Waals surface area contributed by atoms with Crippen LogP contribution >= 0.6 is 0 Å². The van der Waals surface area contributed by atoms with Crippen LogP contribution in [0.15, 0.2) is 12.1 Å². The second-order valence-electron chi connectivity index (χ2n) is 8.40. The molecule has 0 aromatic heterocycles. The number of ether oxygens (including phenoxy) is 1. The predicted octanol–water partition coefficient (Wildman–Crippen LogP) is 3.78. The Bertz CT molecular complexity index is 666. The first-order valence-corrected chi connectivity index (χ1v) is 8.37. The number of hydrogen-bond acceptors (Lipinski definition) is 4. The fourth-order valence-corrected chi connectivity index (χ4v) is 2.38. The van der Waals surface area contributed by atoms with Crippen LogP contribution in [0.25, 0.3) is 0 Å². The summed E-state index contributed by atoms with van der Waals surface area (Å²) in [7, 11) is -0.787. The van der Waals surface area contributed by atoms with Gasteiger partial charge in [0.05, 0.1) is 11.2 Å². The predicted molar refractivity (Wildman–Crippen MR) is 96.7 cm³/mol. The lowest BCUT2D eigenvalue weighted by atomic mass is 9.77. The van der Waals surface area contributed by atoms with E-state index in [1.165, 1.54) is 6.07 Å². The molecule has 0 unspecified atom stereocenters. The summed E-state index contributed by atoms with van der Waals surface area (Å²) in [6, 6.07) is 2.89. The molecule has 0 aliphatic carbocycles. The molecule has 1 aliphatic rings. The number of carbonyl (C=O) groups is 1. The molecule has 1 aromatic carbocycles. The first kappa shape index (κ1) is 19.7. The molecule has 0 spiro atoms. The fraction of sp³-hybridized carbons (Fsp3) is 0.611. The highest BCUT2D eigenvalue weighted by atomic mass is 19.1. The molecule has 2 rings (SSSR count). The van der Waals surface area contributed by atoms with Gasteiger partial charge < -0.3 is 14.0 Å². The summed E-state index contributed by atoms with van der Waals surface area (Å²) in [4.78, 5) is 12.1. The number of amides is 1. The molecular formula is C18H27BFNO4. The first-order chi connectivity index (χ1) is 11.2. The van der Waals surface area contributed by atoms with Gasteiger partial charge in [0.15, 0.2) is 0 Å². The Morgan fingerprint density at radius 2 is 1.68 bits per heavy atom. The van der Waals surface area contributed by atoms with Crippen LogP contribution < -0.4 is 10.8 Å². The smallest absolute Gasteiger partial charge is 0.444 e. The fourth-order valence-electron chi connectivity index (χ4n) is 2.38. The number of rotatable bonds is 2. The average Bonchev–Trinajstić information content (AvgIpc) is 2.60. The summed E-state index contributed by atoms with van der Waals surface area (Å²) >= 11 is 0. The van der Waals surface area contributed by atoms with Gasteiger partial charge in [-0.3, -0.25) is 5.32 Å². The molecule has 1 amide bonds. The molecule has 138 valence electrons. The van der Waals surface area contributed by atoms with Gasteiger partial charge in [0.1, 0.15) is 11.4 Å². The summed E-state index contributed by atoms with van der Waals surface area (Å²) in [6.07, 6.45) is -0.615. The molecule has 1 N–H and O–H groups in total. The molecule has 1 aliphatic heterocycles. The van der Waals surface area contributed by atoms with Crippen molar-refractivity contribution in [2.75, 3.05) is 5.32 Å². The summed E-state index contributed by atoms with van der Waals surface area (Å²) in [5.41, 5.74) is -0.528. The van der Waals surface area contributed by atoms with Crippen LogP contribution in [0, 0.1) is 12.7 Å². The van der Waals surface area contributed by atoms with Gasteiger partial charge in [-0.2, -0.15) is 0 Å². The zero-order chi connectivity index (χ0) is 19.2. The highest BCUT2D eigenvalue weighted by Crippen LogP contribution is 2.37. The van der Waals surface area contributed by atoms with Crippen molar-refractivity contribution in [2.24, 2.45) is 0 Å². The van der Waals surface area contributed by atoms with Crippen molar-refractivity contribution in [3.05, 3.63) is 23.5 Å². The Labute approximate surface area is 149 Å². The van der Waals surface area contributed by atoms with E-state index in [-0.39, 0.29) is 5.82 Å². The maximum atomic E-state index is 14.2. The monoisotopic (exact) mass is 351 g/mol. The third-order valence-corrected chi connectivity index (χ3v) is 4.47. The van der Waals surface area contributed by atoms with Gasteiger partial charge in [0.25, 0.3) is 0 Å². The van der Waals surface area contributed by atoms with E-state index in [0.29, 0.717) is 16.7 Å². The van der Waals surface area contributed by atoms with Crippen LogP contribution in [0.3, 0.4) is 0 Å². The molecule has 1 aromatic rings. The molecule has 1 heterocycles. The standard InChI is InChI=1S/C18H27BFNO4/c1-11-9-14(21-15(22)23-16(2,3)4)12(10-13(11)20)19-24-17(5,6)18(7,8)25-19/h9-10H,1-8H3,(H,21,22). The average molecular weight is 351 g/mol. The highest BCUT2D eigenvalue weighted by Gasteiger charge is 2.52. The van der Waals surface area contributed by atoms with Crippen molar-refractivity contribution in [3.63, 3.8) is 0 Å². The lowest BCUT2D eigenvalue weighted by Crippen LogP contribution is -2.41. The molecule has 5 nitrogen and oxygen atoms in total. The largest absolute Gasteiger partial charge is 0.497 e. The minimum Gasteiger partial charge on any atom is -0.444 e. The van der Waals surface area contributed by atoms with E-state index < -0.39 is 30.0 Å². The number of halogens is 1. The number of anilines is 1. The Morgan fingerprint density at radius 1 is 1.16 bits per heavy atom. The molecule has 0 bridgehead atoms. The van der Waals surface area contributed by atoms with Crippen molar-refractivity contribution in [1.82, 2.24) is 0 Å². The van der Waals surface area contributed by atoms with Crippen LogP contribution in [0.2, 0.25) is 0 Å². The van der Waals surface area contributed by atoms with Crippen LogP contribution in [0.4, 0.5) is 14.9 Å². The van der Waals surface area contributed by atoms with E-state index in [4.69, 9.17) is 14.0 Å². The lowest BCUT2D eigenvalue weighted by molar-refractivity contribution is 0.00578. The summed E-state index contributed by atoms with van der Waals surface area (Å²) in [5.74, 6) is -0.389. The van der Waals surface area contributed by atoms with Gasteiger partial charge >= 0.3 is 13.2 Å². The Hall–Kier alpha value is -1.60. The number of carbonyl (C=O) groups excluding carboxylic acids is 1. The maximum Gasteiger partial charge on any atom is 0.497 e. The van der Waals surface area contributed by atoms with Gasteiger partial charge in [-0.25, -0.2) is 9.18 Å². The van der Waals surface area contributed by atoms with E-state index >= 15 is 0 Å². The van der Waals surface area contributed by atoms with Gasteiger partial charge in [0.2, 0.25) is 0 Å². The lowest BCUT2D eigenvalue weighted by Gasteiger charge is -2.32. The second-order valence-corrected chi connectivity index (χ2v) is 8.40. The summed E-state index contributed by atoms with van der Waals surface area (Å²) in [5, 5.41) is 2.68. The number of hydrogen-bond donors (Lipinski definition) is 1. The van der Waals surface area contributed by atoms with E-state index in [9.17, 15) is 9.18 Å². The first-order valence-electron chi connectivity index (χ1n) is 8.37. The summed E-state index contributed by atoms with van der Waals surface area (Å²) < 4.78 is 31.4. The molecule has 0 atom stereocenters. The number of benzene rings is 1. The van der Waals surface area contributed by atoms with E-state index in [0.717, 1.165) is 0 Å². The SMILES string of the molecule is Cc1cc(NC(=O)OC(C)(C)C)c(B2OC(C)(C)C(C)(C)O2)cc1F. The Morgan fingerprint density at radius 3 is 2.16 bits per heavy atom. The zero-order valence-electron chi connectivity index (χ0n) is 16.2. The number of aryl methyl sites for hydroxylation is 1. The van der Waals surface area contributed by atoms with Crippen LogP contribution in [0.1, 0.15) is 54.0 Å². The molecule has 7 heteroatoms. The topological polar surface area (TPSA) is 56.8 Å². The third kappa shape index (κ3) is 4.33. The third-order valence-electron chi connectivity index (χ3n) is 4.47. The summed E-state index contributed by atoms with van der Waals surface area (Å²) in [6.45, 7) is 14.6. The highest BCUT2D eigenvalue weighted by molar-refractivity contribution is 6.64. The van der Waals surface area contributed by atoms with Gasteiger partial charge in [-0.1, -0.05) is 0 Å². The molecule has 0 saturated carbocycles. The van der Waals surface area contributed by atoms with Crippen LogP contribution in [-0.2, 0) is 14.0 Å². The van der Waals surface area contributed by atoms with Crippen molar-refractivity contribution in [2.45, 2.75) is 72.2 Å². The molecule has 1 fully saturated rings. The minimum absolute atomic E-state index is 0.389. The van der Waals surface area contributed by atoms with Crippen molar-refractivity contribution in [3.8, 4) is 0 Å². The van der Waals surface area contributed by atoms with E-state index in [1.807, 2.05) is 27.7 Å². The second kappa shape index (κ2) is 6.29. The van der Waals surface area contributed by atoms with Crippen LogP contribution in [-0.4, -0.2) is 30.0 Å². The minimum atomic E-state index is -0.787. The Kier molecular flexibility index (Phi) is 4.96. The van der Waals surface area contributed by atoms with Gasteiger partial charge in [-0.15, -0.1) is 0 Å². The van der Waals surface area contributed by atoms with E-state index in [1.54, 1.807) is 33.8 Å². The van der Waals surface area contributed by atoms with Crippen molar-refractivity contribution in [1.29, 1.82) is 0 Å². The molecule has 25 heavy (non-hydrogen) atoms. The Balaban J connectivity index is 2.35. The number of nitrogens with one attached hydrogen (secondary N) is 1. The van der Waals surface area contributed by atoms with Gasteiger partial charge in [-0.05, 0) is 73.1 Å². The zero-order valence-corrected chi connectivity index (χ0v) is 16.2. The maximum absolute atomic E-state index is 14.2. The molecule has 1 saturated heterocycles. The van der Waals surface area contributed by atoms with Crippen molar-refractivity contribution >= 4 is 24.4 Å². The van der Waals surface area contributed by atoms with Crippen LogP contribution in [0.5, 0.6) is 0 Å². The normalized spacial score (nSPS) is 19.0. The van der Waals surface area contributed by atoms with Crippen molar-refractivity contribution < 1.29 is 23.2 Å². The molecule has 0 radical (unpaired) electrons.